The standard InChI is InChI=1S/C19H26N2O6S/c1-26-14-6-3-7-16(10-14)28(24,25)21-17-9-8-15(27-18(17)12-22)11-19(23)20-13-4-2-5-13/h3,6-10,13,15,17-18,21-22H,2,4-5,11-12H2,1H3,(H,20,23)/t15-,17+,18-/m1/s1. The summed E-state index contributed by atoms with van der Waals surface area (Å²) in [4.78, 5) is 12.1. The number of hydrogen-bond donors (Lipinski definition) is 3. The Morgan fingerprint density at radius 2 is 2.11 bits per heavy atom. The van der Waals surface area contributed by atoms with E-state index in [1.54, 1.807) is 24.3 Å². The fourth-order valence-corrected chi connectivity index (χ4v) is 4.40. The van der Waals surface area contributed by atoms with Crippen molar-refractivity contribution < 1.29 is 27.8 Å². The molecule has 1 aromatic rings. The predicted molar refractivity (Wildman–Crippen MR) is 102 cm³/mol. The van der Waals surface area contributed by atoms with Gasteiger partial charge in [0, 0.05) is 12.1 Å². The molecule has 1 aliphatic heterocycles. The zero-order valence-electron chi connectivity index (χ0n) is 15.7. The summed E-state index contributed by atoms with van der Waals surface area (Å²) in [6.45, 7) is -0.379. The highest BCUT2D eigenvalue weighted by atomic mass is 32.2. The van der Waals surface area contributed by atoms with Gasteiger partial charge in [0.2, 0.25) is 15.9 Å². The van der Waals surface area contributed by atoms with E-state index in [1.165, 1.54) is 19.2 Å². The van der Waals surface area contributed by atoms with Gasteiger partial charge in [-0.3, -0.25) is 4.79 Å². The first-order valence-corrected chi connectivity index (χ1v) is 10.8. The zero-order valence-corrected chi connectivity index (χ0v) is 16.5. The minimum absolute atomic E-state index is 0.0546. The molecule has 1 heterocycles. The minimum Gasteiger partial charge on any atom is -0.497 e. The molecule has 0 spiro atoms. The molecule has 0 saturated heterocycles. The molecule has 1 fully saturated rings. The molecule has 0 unspecified atom stereocenters. The first kappa shape index (κ1) is 20.8. The largest absolute Gasteiger partial charge is 0.497 e. The van der Waals surface area contributed by atoms with E-state index in [0.717, 1.165) is 19.3 Å². The molecule has 1 saturated carbocycles. The summed E-state index contributed by atoms with van der Waals surface area (Å²) in [5.74, 6) is 0.320. The molecule has 28 heavy (non-hydrogen) atoms. The van der Waals surface area contributed by atoms with Crippen LogP contribution in [0.4, 0.5) is 0 Å². The maximum atomic E-state index is 12.6. The van der Waals surface area contributed by atoms with Crippen LogP contribution in [-0.2, 0) is 19.6 Å². The van der Waals surface area contributed by atoms with Crippen LogP contribution in [0.25, 0.3) is 0 Å². The second-order valence-corrected chi connectivity index (χ2v) is 8.72. The van der Waals surface area contributed by atoms with Crippen molar-refractivity contribution in [1.82, 2.24) is 10.0 Å². The highest BCUT2D eigenvalue weighted by molar-refractivity contribution is 7.89. The molecule has 154 valence electrons. The lowest BCUT2D eigenvalue weighted by molar-refractivity contribution is -0.126. The molecular weight excluding hydrogens is 384 g/mol. The Balaban J connectivity index is 1.64. The van der Waals surface area contributed by atoms with Crippen molar-refractivity contribution in [3.8, 4) is 5.75 Å². The van der Waals surface area contributed by atoms with Gasteiger partial charge in [-0.2, -0.15) is 0 Å². The van der Waals surface area contributed by atoms with Crippen LogP contribution in [-0.4, -0.2) is 57.4 Å². The molecule has 1 aliphatic carbocycles. The fourth-order valence-electron chi connectivity index (χ4n) is 3.15. The van der Waals surface area contributed by atoms with Crippen LogP contribution in [0, 0.1) is 0 Å². The van der Waals surface area contributed by atoms with E-state index in [0.29, 0.717) is 5.75 Å². The summed E-state index contributed by atoms with van der Waals surface area (Å²) in [7, 11) is -2.38. The topological polar surface area (TPSA) is 114 Å². The van der Waals surface area contributed by atoms with Crippen LogP contribution >= 0.6 is 0 Å². The van der Waals surface area contributed by atoms with Gasteiger partial charge in [0.15, 0.2) is 0 Å². The molecule has 1 amide bonds. The van der Waals surface area contributed by atoms with Gasteiger partial charge in [0.1, 0.15) is 11.9 Å². The molecule has 0 bridgehead atoms. The van der Waals surface area contributed by atoms with Gasteiger partial charge in [-0.25, -0.2) is 13.1 Å². The number of ether oxygens (including phenoxy) is 2. The second kappa shape index (κ2) is 9.04. The monoisotopic (exact) mass is 410 g/mol. The molecular formula is C19H26N2O6S. The normalized spacial score (nSPS) is 25.1. The summed E-state index contributed by atoms with van der Waals surface area (Å²) >= 11 is 0. The number of rotatable bonds is 8. The lowest BCUT2D eigenvalue weighted by Crippen LogP contribution is -2.49. The number of sulfonamides is 1. The Labute approximate surface area is 165 Å². The van der Waals surface area contributed by atoms with Crippen molar-refractivity contribution in [2.45, 2.75) is 54.9 Å². The van der Waals surface area contributed by atoms with Gasteiger partial charge < -0.3 is 19.9 Å². The van der Waals surface area contributed by atoms with Crippen LogP contribution in [0.15, 0.2) is 41.3 Å². The Bertz CT molecular complexity index is 821. The highest BCUT2D eigenvalue weighted by Crippen LogP contribution is 2.22. The molecule has 3 N–H and O–H groups in total. The van der Waals surface area contributed by atoms with Crippen molar-refractivity contribution in [3.05, 3.63) is 36.4 Å². The first-order chi connectivity index (χ1) is 13.4. The smallest absolute Gasteiger partial charge is 0.241 e. The number of amides is 1. The number of aliphatic hydroxyl groups excluding tert-OH is 1. The second-order valence-electron chi connectivity index (χ2n) is 7.01. The first-order valence-electron chi connectivity index (χ1n) is 9.31. The summed E-state index contributed by atoms with van der Waals surface area (Å²) in [6.07, 6.45) is 5.27. The average Bonchev–Trinajstić information content (AvgIpc) is 2.65. The van der Waals surface area contributed by atoms with E-state index in [4.69, 9.17) is 9.47 Å². The lowest BCUT2D eigenvalue weighted by Gasteiger charge is -2.32. The number of aliphatic hydroxyl groups is 1. The van der Waals surface area contributed by atoms with Crippen LogP contribution in [0.3, 0.4) is 0 Å². The molecule has 2 aliphatic rings. The van der Waals surface area contributed by atoms with Gasteiger partial charge in [0.25, 0.3) is 0 Å². The summed E-state index contributed by atoms with van der Waals surface area (Å²) in [5, 5.41) is 12.6. The highest BCUT2D eigenvalue weighted by Gasteiger charge is 2.32. The van der Waals surface area contributed by atoms with Crippen molar-refractivity contribution in [2.75, 3.05) is 13.7 Å². The molecule has 1 aromatic carbocycles. The third kappa shape index (κ3) is 5.11. The molecule has 3 rings (SSSR count). The zero-order chi connectivity index (χ0) is 20.1. The van der Waals surface area contributed by atoms with Gasteiger partial charge in [0.05, 0.1) is 37.2 Å². The van der Waals surface area contributed by atoms with Gasteiger partial charge in [-0.15, -0.1) is 0 Å². The number of nitrogens with one attached hydrogen (secondary N) is 2. The Kier molecular flexibility index (Phi) is 6.71. The Morgan fingerprint density at radius 1 is 1.32 bits per heavy atom. The summed E-state index contributed by atoms with van der Waals surface area (Å²) < 4.78 is 38.6. The van der Waals surface area contributed by atoms with Crippen molar-refractivity contribution >= 4 is 15.9 Å². The van der Waals surface area contributed by atoms with E-state index in [-0.39, 0.29) is 29.9 Å². The van der Waals surface area contributed by atoms with Crippen LogP contribution < -0.4 is 14.8 Å². The van der Waals surface area contributed by atoms with E-state index < -0.39 is 28.3 Å². The van der Waals surface area contributed by atoms with Gasteiger partial charge >= 0.3 is 0 Å². The van der Waals surface area contributed by atoms with Gasteiger partial charge in [-0.1, -0.05) is 18.2 Å². The molecule has 8 nitrogen and oxygen atoms in total. The Morgan fingerprint density at radius 3 is 2.75 bits per heavy atom. The molecule has 0 aromatic heterocycles. The molecule has 0 radical (unpaired) electrons. The van der Waals surface area contributed by atoms with Gasteiger partial charge in [-0.05, 0) is 31.4 Å². The van der Waals surface area contributed by atoms with Crippen molar-refractivity contribution in [2.24, 2.45) is 0 Å². The SMILES string of the molecule is COc1cccc(S(=O)(=O)N[C@H]2C=C[C@H](CC(=O)NC3CCC3)O[C@@H]2CO)c1. The average molecular weight is 410 g/mol. The maximum Gasteiger partial charge on any atom is 0.241 e. The number of methoxy groups -OCH3 is 1. The van der Waals surface area contributed by atoms with Crippen LogP contribution in [0.5, 0.6) is 5.75 Å². The van der Waals surface area contributed by atoms with Crippen LogP contribution in [0.2, 0.25) is 0 Å². The number of carbonyl (C=O) groups excluding carboxylic acids is 1. The number of benzene rings is 1. The third-order valence-corrected chi connectivity index (χ3v) is 6.42. The van der Waals surface area contributed by atoms with E-state index >= 15 is 0 Å². The number of hydrogen-bond acceptors (Lipinski definition) is 6. The third-order valence-electron chi connectivity index (χ3n) is 4.96. The minimum atomic E-state index is -3.84. The number of carbonyl (C=O) groups is 1. The molecule has 9 heteroatoms. The van der Waals surface area contributed by atoms with E-state index in [1.807, 2.05) is 0 Å². The lowest BCUT2D eigenvalue weighted by atomic mass is 9.93. The molecule has 3 atom stereocenters. The summed E-state index contributed by atoms with van der Waals surface area (Å²) in [5.41, 5.74) is 0. The quantitative estimate of drug-likeness (QED) is 0.544. The summed E-state index contributed by atoms with van der Waals surface area (Å²) in [6, 6.07) is 5.61. The van der Waals surface area contributed by atoms with E-state index in [9.17, 15) is 18.3 Å². The predicted octanol–water partition coefficient (Wildman–Crippen LogP) is 0.717. The fraction of sp³-hybridized carbons (Fsp3) is 0.526. The van der Waals surface area contributed by atoms with Crippen molar-refractivity contribution in [1.29, 1.82) is 0 Å². The van der Waals surface area contributed by atoms with Crippen molar-refractivity contribution in [3.63, 3.8) is 0 Å². The maximum absolute atomic E-state index is 12.6. The van der Waals surface area contributed by atoms with Crippen LogP contribution in [0.1, 0.15) is 25.7 Å². The van der Waals surface area contributed by atoms with E-state index in [2.05, 4.69) is 10.0 Å². The Hall–Kier alpha value is -1.94.